The summed E-state index contributed by atoms with van der Waals surface area (Å²) in [4.78, 5) is 11.3. The van der Waals surface area contributed by atoms with Crippen molar-refractivity contribution in [1.29, 1.82) is 5.26 Å². The Labute approximate surface area is 94.6 Å². The van der Waals surface area contributed by atoms with Crippen LogP contribution in [-0.2, 0) is 0 Å². The van der Waals surface area contributed by atoms with E-state index in [9.17, 15) is 4.79 Å². The standard InChI is InChI=1S/C12H13N3O/c1-9(2)8-14-12(16)15-11-5-3-10(7-13)4-6-11/h3-6,8H,1-2H3,(H2,14,15,16). The SMILES string of the molecule is CC(C)=CNC(=O)Nc1ccc(C#N)cc1. The van der Waals surface area contributed by atoms with Crippen molar-refractivity contribution < 1.29 is 4.79 Å². The average molecular weight is 215 g/mol. The normalized spacial score (nSPS) is 8.81. The molecule has 1 rings (SSSR count). The van der Waals surface area contributed by atoms with Crippen LogP contribution in [0.1, 0.15) is 19.4 Å². The van der Waals surface area contributed by atoms with Crippen molar-refractivity contribution in [3.63, 3.8) is 0 Å². The van der Waals surface area contributed by atoms with E-state index >= 15 is 0 Å². The molecule has 0 unspecified atom stereocenters. The highest BCUT2D eigenvalue weighted by Gasteiger charge is 1.98. The molecule has 16 heavy (non-hydrogen) atoms. The second-order valence-corrected chi connectivity index (χ2v) is 3.51. The fraction of sp³-hybridized carbons (Fsp3) is 0.167. The number of carbonyl (C=O) groups excluding carboxylic acids is 1. The van der Waals surface area contributed by atoms with Gasteiger partial charge >= 0.3 is 6.03 Å². The number of urea groups is 1. The lowest BCUT2D eigenvalue weighted by atomic mass is 10.2. The number of hydrogen-bond donors (Lipinski definition) is 2. The third-order valence-electron chi connectivity index (χ3n) is 1.76. The van der Waals surface area contributed by atoms with Crippen LogP contribution < -0.4 is 10.6 Å². The lowest BCUT2D eigenvalue weighted by molar-refractivity contribution is 0.255. The molecule has 0 aliphatic rings. The number of carbonyl (C=O) groups is 1. The molecule has 0 aromatic heterocycles. The number of nitriles is 1. The molecule has 0 aliphatic heterocycles. The van der Waals surface area contributed by atoms with Gasteiger partial charge in [-0.05, 0) is 38.1 Å². The molecule has 0 atom stereocenters. The highest BCUT2D eigenvalue weighted by atomic mass is 16.2. The molecule has 4 nitrogen and oxygen atoms in total. The highest BCUT2D eigenvalue weighted by Crippen LogP contribution is 2.08. The van der Waals surface area contributed by atoms with Gasteiger partial charge in [0.05, 0.1) is 11.6 Å². The number of hydrogen-bond acceptors (Lipinski definition) is 2. The molecular formula is C12H13N3O. The van der Waals surface area contributed by atoms with Crippen molar-refractivity contribution in [2.24, 2.45) is 0 Å². The van der Waals surface area contributed by atoms with Crippen LogP contribution in [0.5, 0.6) is 0 Å². The first-order valence-corrected chi connectivity index (χ1v) is 4.83. The maximum Gasteiger partial charge on any atom is 0.323 e. The zero-order valence-corrected chi connectivity index (χ0v) is 9.24. The van der Waals surface area contributed by atoms with Gasteiger partial charge < -0.3 is 10.6 Å². The van der Waals surface area contributed by atoms with Crippen LogP contribution in [0.3, 0.4) is 0 Å². The molecule has 0 aliphatic carbocycles. The molecule has 4 heteroatoms. The Morgan fingerprint density at radius 1 is 1.31 bits per heavy atom. The largest absolute Gasteiger partial charge is 0.323 e. The summed E-state index contributed by atoms with van der Waals surface area (Å²) in [6.45, 7) is 3.78. The highest BCUT2D eigenvalue weighted by molar-refractivity contribution is 5.89. The van der Waals surface area contributed by atoms with Gasteiger partial charge in [0.2, 0.25) is 0 Å². The van der Waals surface area contributed by atoms with E-state index in [-0.39, 0.29) is 6.03 Å². The third-order valence-corrected chi connectivity index (χ3v) is 1.76. The van der Waals surface area contributed by atoms with E-state index in [1.807, 2.05) is 19.9 Å². The molecule has 0 saturated heterocycles. The molecule has 0 bridgehead atoms. The van der Waals surface area contributed by atoms with Crippen LogP contribution in [0, 0.1) is 11.3 Å². The molecule has 82 valence electrons. The Morgan fingerprint density at radius 3 is 2.44 bits per heavy atom. The molecular weight excluding hydrogens is 202 g/mol. The van der Waals surface area contributed by atoms with Crippen molar-refractivity contribution in [3.05, 3.63) is 41.6 Å². The fourth-order valence-corrected chi connectivity index (χ4v) is 1.01. The lowest BCUT2D eigenvalue weighted by Crippen LogP contribution is -2.24. The minimum absolute atomic E-state index is 0.300. The topological polar surface area (TPSA) is 64.9 Å². The number of allylic oxidation sites excluding steroid dienone is 1. The average Bonchev–Trinajstić information content (AvgIpc) is 2.27. The number of nitrogens with zero attached hydrogens (tertiary/aromatic N) is 1. The number of amides is 2. The van der Waals surface area contributed by atoms with E-state index in [1.165, 1.54) is 0 Å². The van der Waals surface area contributed by atoms with Crippen LogP contribution in [-0.4, -0.2) is 6.03 Å². The fourth-order valence-electron chi connectivity index (χ4n) is 1.01. The Hall–Kier alpha value is -2.28. The molecule has 2 amide bonds. The Balaban J connectivity index is 2.57. The summed E-state index contributed by atoms with van der Waals surface area (Å²) in [7, 11) is 0. The quantitative estimate of drug-likeness (QED) is 0.796. The van der Waals surface area contributed by atoms with Crippen LogP contribution in [0.25, 0.3) is 0 Å². The monoisotopic (exact) mass is 215 g/mol. The van der Waals surface area contributed by atoms with E-state index in [1.54, 1.807) is 30.5 Å². The molecule has 1 aromatic rings. The van der Waals surface area contributed by atoms with Crippen molar-refractivity contribution in [2.45, 2.75) is 13.8 Å². The smallest absolute Gasteiger partial charge is 0.314 e. The summed E-state index contributed by atoms with van der Waals surface area (Å²) in [5, 5.41) is 13.8. The minimum Gasteiger partial charge on any atom is -0.314 e. The maximum atomic E-state index is 11.3. The first-order chi connectivity index (χ1) is 7.61. The van der Waals surface area contributed by atoms with E-state index in [4.69, 9.17) is 5.26 Å². The first-order valence-electron chi connectivity index (χ1n) is 4.83. The van der Waals surface area contributed by atoms with Gasteiger partial charge in [0.1, 0.15) is 0 Å². The molecule has 0 spiro atoms. The van der Waals surface area contributed by atoms with Crippen LogP contribution in [0.15, 0.2) is 36.0 Å². The summed E-state index contributed by atoms with van der Waals surface area (Å²) in [6.07, 6.45) is 1.62. The van der Waals surface area contributed by atoms with Gasteiger partial charge in [-0.15, -0.1) is 0 Å². The lowest BCUT2D eigenvalue weighted by Gasteiger charge is -2.04. The summed E-state index contributed by atoms with van der Waals surface area (Å²) < 4.78 is 0. The predicted molar refractivity (Wildman–Crippen MR) is 62.7 cm³/mol. The number of benzene rings is 1. The van der Waals surface area contributed by atoms with Gasteiger partial charge in [0.25, 0.3) is 0 Å². The summed E-state index contributed by atoms with van der Waals surface area (Å²) in [5.41, 5.74) is 2.23. The van der Waals surface area contributed by atoms with Gasteiger partial charge in [-0.1, -0.05) is 5.57 Å². The summed E-state index contributed by atoms with van der Waals surface area (Å²) in [6, 6.07) is 8.37. The summed E-state index contributed by atoms with van der Waals surface area (Å²) in [5.74, 6) is 0. The van der Waals surface area contributed by atoms with Crippen LogP contribution >= 0.6 is 0 Å². The Morgan fingerprint density at radius 2 is 1.94 bits per heavy atom. The first kappa shape index (κ1) is 11.8. The minimum atomic E-state index is -0.300. The third kappa shape index (κ3) is 3.84. The molecule has 0 saturated carbocycles. The van der Waals surface area contributed by atoms with E-state index in [2.05, 4.69) is 10.6 Å². The number of nitrogens with one attached hydrogen (secondary N) is 2. The second-order valence-electron chi connectivity index (χ2n) is 3.51. The van der Waals surface area contributed by atoms with Gasteiger partial charge in [0, 0.05) is 11.9 Å². The zero-order valence-electron chi connectivity index (χ0n) is 9.24. The second kappa shape index (κ2) is 5.56. The Bertz CT molecular complexity index is 436. The zero-order chi connectivity index (χ0) is 12.0. The molecule has 1 aromatic carbocycles. The van der Waals surface area contributed by atoms with Crippen molar-refractivity contribution >= 4 is 11.7 Å². The summed E-state index contributed by atoms with van der Waals surface area (Å²) >= 11 is 0. The van der Waals surface area contributed by atoms with Crippen molar-refractivity contribution in [1.82, 2.24) is 5.32 Å². The predicted octanol–water partition coefficient (Wildman–Crippen LogP) is 2.60. The number of rotatable bonds is 2. The van der Waals surface area contributed by atoms with E-state index in [0.29, 0.717) is 11.3 Å². The molecule has 2 N–H and O–H groups in total. The molecule has 0 fully saturated rings. The molecule has 0 radical (unpaired) electrons. The van der Waals surface area contributed by atoms with Crippen molar-refractivity contribution in [3.8, 4) is 6.07 Å². The Kier molecular flexibility index (Phi) is 4.10. The van der Waals surface area contributed by atoms with E-state index < -0.39 is 0 Å². The van der Waals surface area contributed by atoms with Gasteiger partial charge in [-0.3, -0.25) is 0 Å². The van der Waals surface area contributed by atoms with Gasteiger partial charge in [-0.25, -0.2) is 4.79 Å². The van der Waals surface area contributed by atoms with E-state index in [0.717, 1.165) is 5.57 Å². The van der Waals surface area contributed by atoms with Gasteiger partial charge in [0.15, 0.2) is 0 Å². The van der Waals surface area contributed by atoms with Crippen LogP contribution in [0.2, 0.25) is 0 Å². The van der Waals surface area contributed by atoms with Crippen molar-refractivity contribution in [2.75, 3.05) is 5.32 Å². The van der Waals surface area contributed by atoms with Crippen LogP contribution in [0.4, 0.5) is 10.5 Å². The number of anilines is 1. The maximum absolute atomic E-state index is 11.3. The molecule has 0 heterocycles. The van der Waals surface area contributed by atoms with Gasteiger partial charge in [-0.2, -0.15) is 5.26 Å².